The van der Waals surface area contributed by atoms with Crippen molar-refractivity contribution in [3.8, 4) is 5.69 Å². The molecule has 138 valence electrons. The summed E-state index contributed by atoms with van der Waals surface area (Å²) in [4.78, 5) is 6.76. The molecule has 1 saturated heterocycles. The van der Waals surface area contributed by atoms with Crippen LogP contribution < -0.4 is 5.32 Å². The van der Waals surface area contributed by atoms with Crippen molar-refractivity contribution in [2.45, 2.75) is 12.1 Å². The van der Waals surface area contributed by atoms with E-state index in [0.717, 1.165) is 23.0 Å². The molecule has 0 radical (unpaired) electrons. The van der Waals surface area contributed by atoms with Crippen LogP contribution >= 0.6 is 12.2 Å². The van der Waals surface area contributed by atoms with Crippen molar-refractivity contribution < 1.29 is 4.74 Å². The fourth-order valence-electron chi connectivity index (χ4n) is 3.55. The highest BCUT2D eigenvalue weighted by Crippen LogP contribution is 2.38. The first kappa shape index (κ1) is 17.7. The van der Waals surface area contributed by atoms with Crippen LogP contribution in [0.4, 0.5) is 0 Å². The Morgan fingerprint density at radius 3 is 2.67 bits per heavy atom. The number of benzene rings is 1. The molecule has 5 nitrogen and oxygen atoms in total. The Labute approximate surface area is 164 Å². The summed E-state index contributed by atoms with van der Waals surface area (Å²) in [7, 11) is 1.71. The van der Waals surface area contributed by atoms with Crippen molar-refractivity contribution in [3.63, 3.8) is 0 Å². The first-order valence-electron chi connectivity index (χ1n) is 8.98. The fraction of sp³-hybridized carbons (Fsp3) is 0.238. The van der Waals surface area contributed by atoms with Crippen molar-refractivity contribution in [1.82, 2.24) is 19.8 Å². The Morgan fingerprint density at radius 1 is 1.11 bits per heavy atom. The van der Waals surface area contributed by atoms with Gasteiger partial charge in [-0.3, -0.25) is 4.98 Å². The molecule has 2 aromatic heterocycles. The molecule has 0 aliphatic carbocycles. The second kappa shape index (κ2) is 7.90. The molecule has 2 atom stereocenters. The second-order valence-corrected chi connectivity index (χ2v) is 6.89. The maximum absolute atomic E-state index is 5.63. The maximum atomic E-state index is 5.63. The molecule has 1 aliphatic heterocycles. The van der Waals surface area contributed by atoms with E-state index in [9.17, 15) is 0 Å². The largest absolute Gasteiger partial charge is 0.383 e. The summed E-state index contributed by atoms with van der Waals surface area (Å²) in [6.45, 7) is 1.35. The summed E-state index contributed by atoms with van der Waals surface area (Å²) in [5, 5.41) is 4.19. The highest BCUT2D eigenvalue weighted by atomic mass is 32.1. The number of nitrogens with zero attached hydrogens (tertiary/aromatic N) is 3. The number of para-hydroxylation sites is 1. The van der Waals surface area contributed by atoms with E-state index >= 15 is 0 Å². The van der Waals surface area contributed by atoms with Crippen LogP contribution in [0.15, 0.2) is 73.2 Å². The van der Waals surface area contributed by atoms with Crippen LogP contribution in [0.3, 0.4) is 0 Å². The van der Waals surface area contributed by atoms with Gasteiger partial charge in [0.05, 0.1) is 24.4 Å². The van der Waals surface area contributed by atoms with Crippen molar-refractivity contribution in [2.24, 2.45) is 0 Å². The van der Waals surface area contributed by atoms with Gasteiger partial charge in [-0.25, -0.2) is 0 Å². The Balaban J connectivity index is 1.70. The predicted octanol–water partition coefficient (Wildman–Crippen LogP) is 3.49. The Kier molecular flexibility index (Phi) is 5.18. The number of hydrogen-bond acceptors (Lipinski definition) is 3. The lowest BCUT2D eigenvalue weighted by atomic mass is 9.99. The highest BCUT2D eigenvalue weighted by Gasteiger charge is 2.39. The van der Waals surface area contributed by atoms with Crippen LogP contribution in [0.25, 0.3) is 5.69 Å². The lowest BCUT2D eigenvalue weighted by molar-refractivity contribution is 0.164. The lowest BCUT2D eigenvalue weighted by Gasteiger charge is -2.26. The molecule has 1 aliphatic rings. The number of pyridine rings is 1. The topological polar surface area (TPSA) is 42.3 Å². The van der Waals surface area contributed by atoms with Crippen molar-refractivity contribution in [3.05, 3.63) is 84.4 Å². The Hall–Kier alpha value is -2.70. The SMILES string of the molecule is COCCN1C(=S)N[C@@H](c2ccccn2)[C@H]1c1ccn(-c2ccccc2)c1. The normalized spacial score (nSPS) is 19.3. The number of ether oxygens (including phenoxy) is 1. The number of thiocarbonyl (C=S) groups is 1. The van der Waals surface area contributed by atoms with Crippen molar-refractivity contribution in [2.75, 3.05) is 20.3 Å². The molecule has 0 unspecified atom stereocenters. The Bertz CT molecular complexity index is 897. The average molecular weight is 379 g/mol. The van der Waals surface area contributed by atoms with Gasteiger partial charge in [0, 0.05) is 37.9 Å². The molecule has 0 saturated carbocycles. The van der Waals surface area contributed by atoms with Crippen molar-refractivity contribution >= 4 is 17.3 Å². The predicted molar refractivity (Wildman–Crippen MR) is 110 cm³/mol. The zero-order chi connectivity index (χ0) is 18.6. The summed E-state index contributed by atoms with van der Waals surface area (Å²) in [5.74, 6) is 0. The van der Waals surface area contributed by atoms with E-state index in [-0.39, 0.29) is 12.1 Å². The van der Waals surface area contributed by atoms with E-state index in [1.807, 2.05) is 42.6 Å². The van der Waals surface area contributed by atoms with Gasteiger partial charge >= 0.3 is 0 Å². The first-order valence-corrected chi connectivity index (χ1v) is 9.39. The van der Waals surface area contributed by atoms with E-state index in [1.54, 1.807) is 7.11 Å². The zero-order valence-electron chi connectivity index (χ0n) is 15.2. The Morgan fingerprint density at radius 2 is 1.93 bits per heavy atom. The molecule has 0 spiro atoms. The van der Waals surface area contributed by atoms with Gasteiger partial charge in [-0.2, -0.15) is 0 Å². The molecular weight excluding hydrogens is 356 g/mol. The molecule has 0 bridgehead atoms. The van der Waals surface area contributed by atoms with Gasteiger partial charge in [0.15, 0.2) is 5.11 Å². The van der Waals surface area contributed by atoms with Gasteiger partial charge < -0.3 is 19.5 Å². The van der Waals surface area contributed by atoms with Crippen molar-refractivity contribution in [1.29, 1.82) is 0 Å². The molecule has 27 heavy (non-hydrogen) atoms. The molecule has 3 aromatic rings. The summed E-state index contributed by atoms with van der Waals surface area (Å²) in [6.07, 6.45) is 6.09. The molecule has 4 rings (SSSR count). The van der Waals surface area contributed by atoms with E-state index in [2.05, 4.69) is 50.4 Å². The standard InChI is InChI=1S/C21H22N4OS/c1-26-14-13-25-20(19(23-21(25)27)18-9-5-6-11-22-18)16-10-12-24(15-16)17-7-3-2-4-8-17/h2-12,15,19-20H,13-14H2,1H3,(H,23,27)/t19-,20+/m0/s1. The zero-order valence-corrected chi connectivity index (χ0v) is 16.0. The maximum Gasteiger partial charge on any atom is 0.170 e. The summed E-state index contributed by atoms with van der Waals surface area (Å²) in [6, 6.07) is 18.5. The van der Waals surface area contributed by atoms with E-state index in [1.165, 1.54) is 5.56 Å². The highest BCUT2D eigenvalue weighted by molar-refractivity contribution is 7.80. The summed E-state index contributed by atoms with van der Waals surface area (Å²) < 4.78 is 7.44. The lowest BCUT2D eigenvalue weighted by Crippen LogP contribution is -2.32. The van der Waals surface area contributed by atoms with E-state index in [4.69, 9.17) is 17.0 Å². The number of methoxy groups -OCH3 is 1. The average Bonchev–Trinajstić information content (AvgIpc) is 3.32. The van der Waals surface area contributed by atoms with Gasteiger partial charge in [0.25, 0.3) is 0 Å². The van der Waals surface area contributed by atoms with Gasteiger partial charge in [-0.15, -0.1) is 0 Å². The van der Waals surface area contributed by atoms with Crippen LogP contribution in [0.5, 0.6) is 0 Å². The third-order valence-electron chi connectivity index (χ3n) is 4.85. The van der Waals surface area contributed by atoms with Crippen LogP contribution in [0.2, 0.25) is 0 Å². The number of nitrogens with one attached hydrogen (secondary N) is 1. The molecule has 3 heterocycles. The molecule has 6 heteroatoms. The molecule has 1 N–H and O–H groups in total. The van der Waals surface area contributed by atoms with E-state index in [0.29, 0.717) is 6.61 Å². The number of rotatable bonds is 6. The minimum absolute atomic E-state index is 0.00202. The molecule has 1 fully saturated rings. The van der Waals surface area contributed by atoms with Crippen LogP contribution in [0.1, 0.15) is 23.3 Å². The van der Waals surface area contributed by atoms with Gasteiger partial charge in [-0.05, 0) is 48.1 Å². The second-order valence-electron chi connectivity index (χ2n) is 6.50. The molecule has 1 aromatic carbocycles. The first-order chi connectivity index (χ1) is 13.3. The summed E-state index contributed by atoms with van der Waals surface area (Å²) in [5.41, 5.74) is 3.31. The number of hydrogen-bond donors (Lipinski definition) is 1. The minimum atomic E-state index is 0.00202. The quantitative estimate of drug-likeness (QED) is 0.665. The van der Waals surface area contributed by atoms with Gasteiger partial charge in [0.2, 0.25) is 0 Å². The van der Waals surface area contributed by atoms with Gasteiger partial charge in [-0.1, -0.05) is 24.3 Å². The third kappa shape index (κ3) is 3.59. The minimum Gasteiger partial charge on any atom is -0.383 e. The summed E-state index contributed by atoms with van der Waals surface area (Å²) >= 11 is 5.63. The third-order valence-corrected chi connectivity index (χ3v) is 5.20. The van der Waals surface area contributed by atoms with Crippen LogP contribution in [-0.4, -0.2) is 39.8 Å². The van der Waals surface area contributed by atoms with Gasteiger partial charge in [0.1, 0.15) is 0 Å². The number of aromatic nitrogens is 2. The monoisotopic (exact) mass is 378 g/mol. The van der Waals surface area contributed by atoms with E-state index < -0.39 is 0 Å². The molecular formula is C21H22N4OS. The van der Waals surface area contributed by atoms with Crippen LogP contribution in [0, 0.1) is 0 Å². The smallest absolute Gasteiger partial charge is 0.170 e. The fourth-order valence-corrected chi connectivity index (χ4v) is 3.88. The molecule has 0 amide bonds. The van der Waals surface area contributed by atoms with Crippen LogP contribution in [-0.2, 0) is 4.74 Å².